The highest BCUT2D eigenvalue weighted by Gasteiger charge is 2.52. The number of ether oxygens (including phenoxy) is 1. The molecule has 1 saturated heterocycles. The lowest BCUT2D eigenvalue weighted by molar-refractivity contribution is -0.141. The molecule has 0 aliphatic carbocycles. The maximum Gasteiger partial charge on any atom is 0.433 e. The molecule has 3 atom stereocenters. The number of halogens is 3. The van der Waals surface area contributed by atoms with Crippen molar-refractivity contribution in [1.29, 1.82) is 0 Å². The fourth-order valence-electron chi connectivity index (χ4n) is 6.99. The number of aromatic nitrogens is 6. The lowest BCUT2D eigenvalue weighted by Crippen LogP contribution is -2.50. The predicted molar refractivity (Wildman–Crippen MR) is 190 cm³/mol. The second-order valence-corrected chi connectivity index (χ2v) is 14.9. The molecule has 2 N–H and O–H groups in total. The third-order valence-electron chi connectivity index (χ3n) is 10.5. The average Bonchev–Trinajstić information content (AvgIpc) is 3.60. The van der Waals surface area contributed by atoms with Crippen LogP contribution in [0.2, 0.25) is 0 Å². The lowest BCUT2D eigenvalue weighted by Gasteiger charge is -2.34. The number of hydrogen-bond donors (Lipinski definition) is 2. The number of hydrogen-bond acceptors (Lipinski definition) is 10. The molecule has 286 valence electrons. The summed E-state index contributed by atoms with van der Waals surface area (Å²) in [6, 6.07) is 1.88. The number of fused-ring (bicyclic) bond motifs is 4. The van der Waals surface area contributed by atoms with Crippen LogP contribution in [0.15, 0.2) is 36.8 Å². The molecule has 6 heterocycles. The van der Waals surface area contributed by atoms with Crippen LogP contribution in [0, 0.1) is 17.8 Å². The molecule has 6 rings (SSSR count). The Morgan fingerprint density at radius 1 is 1.07 bits per heavy atom. The van der Waals surface area contributed by atoms with Gasteiger partial charge in [-0.3, -0.25) is 28.8 Å². The van der Waals surface area contributed by atoms with Crippen LogP contribution in [0.3, 0.4) is 0 Å². The number of aryl methyl sites for hydroxylation is 1. The van der Waals surface area contributed by atoms with Crippen molar-refractivity contribution in [3.8, 4) is 11.3 Å². The number of Topliss-reactive ketones (excluding diaryl/α,β-unsaturated/α-hetero) is 1. The quantitative estimate of drug-likeness (QED) is 0.273. The summed E-state index contributed by atoms with van der Waals surface area (Å²) >= 11 is 0. The van der Waals surface area contributed by atoms with E-state index in [1.807, 2.05) is 20.8 Å². The van der Waals surface area contributed by atoms with Crippen LogP contribution in [-0.4, -0.2) is 83.4 Å². The second-order valence-electron chi connectivity index (χ2n) is 14.9. The highest BCUT2D eigenvalue weighted by Crippen LogP contribution is 2.42. The van der Waals surface area contributed by atoms with Gasteiger partial charge in [0.05, 0.1) is 24.0 Å². The van der Waals surface area contributed by atoms with Gasteiger partial charge in [-0.1, -0.05) is 26.8 Å². The van der Waals surface area contributed by atoms with Gasteiger partial charge in [0.2, 0.25) is 17.7 Å². The SMILES string of the molecule is CC(=O)c1nn(CC(=O)N2[C@H]3C[C@](C)(CNC(=O)C(C)(C)CCCOCc4ccc(C(F)(F)F)nc4NC3=O)[C@H]2C)c2cnc(-c3cnc(C)nc3)cc12. The van der Waals surface area contributed by atoms with Crippen LogP contribution in [0.5, 0.6) is 0 Å². The maximum atomic E-state index is 14.4. The number of nitrogens with zero attached hydrogens (tertiary/aromatic N) is 7. The maximum absolute atomic E-state index is 14.4. The van der Waals surface area contributed by atoms with E-state index >= 15 is 0 Å². The Morgan fingerprint density at radius 3 is 2.48 bits per heavy atom. The zero-order valence-electron chi connectivity index (χ0n) is 30.9. The number of pyridine rings is 2. The summed E-state index contributed by atoms with van der Waals surface area (Å²) in [5.41, 5.74) is -0.992. The summed E-state index contributed by atoms with van der Waals surface area (Å²) < 4.78 is 48.4. The number of likely N-dealkylation sites (tertiary alicyclic amines) is 1. The minimum atomic E-state index is -4.78. The number of anilines is 1. The molecule has 54 heavy (non-hydrogen) atoms. The number of ketones is 1. The van der Waals surface area contributed by atoms with E-state index in [0.29, 0.717) is 40.8 Å². The first-order valence-electron chi connectivity index (χ1n) is 17.6. The molecule has 14 nitrogen and oxygen atoms in total. The van der Waals surface area contributed by atoms with Crippen LogP contribution >= 0.6 is 0 Å². The lowest BCUT2D eigenvalue weighted by atomic mass is 9.81. The van der Waals surface area contributed by atoms with E-state index in [1.54, 1.807) is 32.3 Å². The van der Waals surface area contributed by atoms with Crippen molar-refractivity contribution in [3.63, 3.8) is 0 Å². The standard InChI is InChI=1S/C37H42F3N9O5/c1-20(50)31-25-12-26(24-14-41-22(3)42-15-24)43-16-28(25)48(47-31)17-30(51)49-21(2)36(6)13-27(49)33(52)46-32-23(8-9-29(45-32)37(38,39)40)18-54-11-7-10-35(4,5)34(53)44-19-36/h8-9,12,14-16,21,27H,7,10-11,13,17-19H2,1-6H3,(H,44,53)(H,45,46,52)/t21-,27+,36-/m1/s1. The molecule has 0 saturated carbocycles. The van der Waals surface area contributed by atoms with E-state index < -0.39 is 53.1 Å². The molecule has 0 radical (unpaired) electrons. The third kappa shape index (κ3) is 7.67. The Hall–Kier alpha value is -5.32. The van der Waals surface area contributed by atoms with Crippen molar-refractivity contribution >= 4 is 40.2 Å². The van der Waals surface area contributed by atoms with Crippen LogP contribution in [0.4, 0.5) is 19.0 Å². The van der Waals surface area contributed by atoms with E-state index in [4.69, 9.17) is 4.74 Å². The van der Waals surface area contributed by atoms with E-state index in [0.717, 1.165) is 6.07 Å². The Bertz CT molecular complexity index is 2120. The van der Waals surface area contributed by atoms with E-state index in [-0.39, 0.29) is 54.9 Å². The van der Waals surface area contributed by atoms with Gasteiger partial charge >= 0.3 is 6.18 Å². The average molecular weight is 750 g/mol. The summed E-state index contributed by atoms with van der Waals surface area (Å²) in [5.74, 6) is -1.61. The molecule has 17 heteroatoms. The summed E-state index contributed by atoms with van der Waals surface area (Å²) in [5, 5.41) is 10.5. The molecule has 2 bridgehead atoms. The molecular formula is C37H42F3N9O5. The minimum Gasteiger partial charge on any atom is -0.377 e. The number of carbonyl (C=O) groups is 4. The largest absolute Gasteiger partial charge is 0.433 e. The fourth-order valence-corrected chi connectivity index (χ4v) is 6.99. The third-order valence-corrected chi connectivity index (χ3v) is 10.5. The van der Waals surface area contributed by atoms with Crippen molar-refractivity contribution in [3.05, 3.63) is 59.6 Å². The molecule has 2 aliphatic rings. The van der Waals surface area contributed by atoms with Gasteiger partial charge in [0.25, 0.3) is 0 Å². The highest BCUT2D eigenvalue weighted by molar-refractivity contribution is 6.05. The fraction of sp³-hybridized carbons (Fsp3) is 0.486. The zero-order valence-corrected chi connectivity index (χ0v) is 30.9. The van der Waals surface area contributed by atoms with Crippen molar-refractivity contribution < 1.29 is 37.1 Å². The number of nitrogens with one attached hydrogen (secondary N) is 2. The van der Waals surface area contributed by atoms with Crippen molar-refractivity contribution in [2.24, 2.45) is 10.8 Å². The van der Waals surface area contributed by atoms with Crippen LogP contribution in [-0.2, 0) is 38.4 Å². The van der Waals surface area contributed by atoms with Crippen LogP contribution in [0.1, 0.15) is 81.5 Å². The Morgan fingerprint density at radius 2 is 1.80 bits per heavy atom. The van der Waals surface area contributed by atoms with Crippen molar-refractivity contribution in [2.45, 2.75) is 92.2 Å². The van der Waals surface area contributed by atoms with E-state index in [1.165, 1.54) is 28.8 Å². The molecule has 2 aliphatic heterocycles. The number of rotatable bonds is 4. The number of amides is 3. The monoisotopic (exact) mass is 749 g/mol. The minimum absolute atomic E-state index is 0.0688. The van der Waals surface area contributed by atoms with Crippen LogP contribution in [0.25, 0.3) is 22.2 Å². The summed E-state index contributed by atoms with van der Waals surface area (Å²) in [7, 11) is 0. The number of alkyl halides is 3. The van der Waals surface area contributed by atoms with E-state index in [9.17, 15) is 32.3 Å². The van der Waals surface area contributed by atoms with Gasteiger partial charge in [0.1, 0.15) is 35.6 Å². The Kier molecular flexibility index (Phi) is 10.3. The molecule has 4 aromatic heterocycles. The summed E-state index contributed by atoms with van der Waals surface area (Å²) in [6.45, 7) is 10.1. The van der Waals surface area contributed by atoms with Gasteiger partial charge in [-0.15, -0.1) is 0 Å². The Balaban J connectivity index is 1.37. The normalized spacial score (nSPS) is 22.4. The van der Waals surface area contributed by atoms with Gasteiger partial charge < -0.3 is 20.3 Å². The zero-order chi connectivity index (χ0) is 39.2. The predicted octanol–water partition coefficient (Wildman–Crippen LogP) is 4.90. The number of carbonyl (C=O) groups excluding carboxylic acids is 4. The smallest absolute Gasteiger partial charge is 0.377 e. The molecule has 1 fully saturated rings. The molecule has 0 spiro atoms. The first-order chi connectivity index (χ1) is 25.4. The molecule has 0 unspecified atom stereocenters. The van der Waals surface area contributed by atoms with Gasteiger partial charge in [-0.05, 0) is 45.2 Å². The first kappa shape index (κ1) is 38.4. The van der Waals surface area contributed by atoms with Crippen molar-refractivity contribution in [1.82, 2.24) is 39.9 Å². The van der Waals surface area contributed by atoms with Gasteiger partial charge in [-0.2, -0.15) is 18.3 Å². The highest BCUT2D eigenvalue weighted by atomic mass is 19.4. The van der Waals surface area contributed by atoms with Crippen LogP contribution < -0.4 is 10.6 Å². The van der Waals surface area contributed by atoms with E-state index in [2.05, 4.69) is 35.7 Å². The van der Waals surface area contributed by atoms with Crippen molar-refractivity contribution in [2.75, 3.05) is 18.5 Å². The molecular weight excluding hydrogens is 707 g/mol. The summed E-state index contributed by atoms with van der Waals surface area (Å²) in [6.07, 6.45) is 0.969. The second kappa shape index (κ2) is 14.5. The molecule has 4 aromatic rings. The molecule has 0 aromatic carbocycles. The van der Waals surface area contributed by atoms with Gasteiger partial charge in [0, 0.05) is 65.9 Å². The summed E-state index contributed by atoms with van der Waals surface area (Å²) in [4.78, 5) is 72.8. The first-order valence-corrected chi connectivity index (χ1v) is 17.6. The van der Waals surface area contributed by atoms with Gasteiger partial charge in [-0.25, -0.2) is 15.0 Å². The topological polar surface area (TPSA) is 174 Å². The Labute approximate surface area is 309 Å². The van der Waals surface area contributed by atoms with Gasteiger partial charge in [0.15, 0.2) is 5.78 Å². The molecule has 3 amide bonds.